The summed E-state index contributed by atoms with van der Waals surface area (Å²) in [5, 5.41) is 10.1. The van der Waals surface area contributed by atoms with Crippen LogP contribution in [0.25, 0.3) is 20.7 Å². The highest BCUT2D eigenvalue weighted by atomic mass is 35.5. The Morgan fingerprint density at radius 1 is 1.02 bits per heavy atom. The third-order valence-corrected chi connectivity index (χ3v) is 9.82. The van der Waals surface area contributed by atoms with E-state index >= 15 is 0 Å². The van der Waals surface area contributed by atoms with Gasteiger partial charge in [0.2, 0.25) is 0 Å². The molecule has 1 fully saturated rings. The molecule has 0 amide bonds. The number of thiophene rings is 1. The number of likely N-dealkylation sites (N-methyl/N-ethyl adjacent to an activating group) is 1. The number of hydrogen-bond donors (Lipinski definition) is 1. The monoisotopic (exact) mass is 614 g/mol. The molecular formula is C32H35ClN8OS. The molecule has 7 rings (SSSR count). The number of piperazine rings is 1. The second-order valence-electron chi connectivity index (χ2n) is 11.2. The summed E-state index contributed by atoms with van der Waals surface area (Å²) >= 11 is 8.35. The van der Waals surface area contributed by atoms with E-state index in [4.69, 9.17) is 21.4 Å². The molecule has 222 valence electrons. The number of aromatic nitrogens is 5. The Morgan fingerprint density at radius 3 is 2.70 bits per heavy atom. The molecule has 2 aliphatic rings. The number of benzene rings is 1. The molecule has 0 spiro atoms. The summed E-state index contributed by atoms with van der Waals surface area (Å²) in [6.07, 6.45) is 5.69. The number of anilines is 2. The maximum absolute atomic E-state index is 6.62. The van der Waals surface area contributed by atoms with Crippen LogP contribution >= 0.6 is 22.9 Å². The van der Waals surface area contributed by atoms with Crippen LogP contribution in [0.4, 0.5) is 11.5 Å². The van der Waals surface area contributed by atoms with E-state index in [1.54, 1.807) is 17.7 Å². The number of halogens is 1. The van der Waals surface area contributed by atoms with E-state index in [1.807, 2.05) is 43.3 Å². The summed E-state index contributed by atoms with van der Waals surface area (Å²) in [6, 6.07) is 11.6. The van der Waals surface area contributed by atoms with Crippen molar-refractivity contribution in [1.29, 1.82) is 0 Å². The largest absolute Gasteiger partial charge is 0.486 e. The van der Waals surface area contributed by atoms with E-state index in [1.165, 1.54) is 21.7 Å². The minimum atomic E-state index is 0.357. The fourth-order valence-corrected chi connectivity index (χ4v) is 7.43. The van der Waals surface area contributed by atoms with Gasteiger partial charge in [0, 0.05) is 60.7 Å². The topological polar surface area (TPSA) is 84.2 Å². The lowest BCUT2D eigenvalue weighted by Gasteiger charge is -2.33. The fraction of sp³-hybridized carbons (Fsp3) is 0.375. The lowest BCUT2D eigenvalue weighted by Crippen LogP contribution is -2.46. The molecule has 1 aliphatic heterocycles. The quantitative estimate of drug-likeness (QED) is 0.217. The van der Waals surface area contributed by atoms with E-state index in [2.05, 4.69) is 47.9 Å². The highest BCUT2D eigenvalue weighted by Crippen LogP contribution is 2.45. The van der Waals surface area contributed by atoms with Crippen molar-refractivity contribution >= 4 is 44.7 Å². The molecule has 4 aromatic heterocycles. The van der Waals surface area contributed by atoms with Crippen molar-refractivity contribution in [2.75, 3.05) is 44.6 Å². The third-order valence-electron chi connectivity index (χ3n) is 8.36. The first kappa shape index (κ1) is 28.2. The van der Waals surface area contributed by atoms with Gasteiger partial charge >= 0.3 is 0 Å². The zero-order valence-corrected chi connectivity index (χ0v) is 26.1. The summed E-state index contributed by atoms with van der Waals surface area (Å²) in [5.41, 5.74) is 6.38. The summed E-state index contributed by atoms with van der Waals surface area (Å²) in [6.45, 7) is 12.2. The van der Waals surface area contributed by atoms with Crippen LogP contribution in [0.15, 0.2) is 48.9 Å². The van der Waals surface area contributed by atoms with E-state index in [-0.39, 0.29) is 0 Å². The Morgan fingerprint density at radius 2 is 1.88 bits per heavy atom. The Balaban J connectivity index is 1.07. The summed E-state index contributed by atoms with van der Waals surface area (Å²) in [4.78, 5) is 21.1. The predicted molar refractivity (Wildman–Crippen MR) is 173 cm³/mol. The van der Waals surface area contributed by atoms with Crippen molar-refractivity contribution in [3.05, 3.63) is 76.6 Å². The van der Waals surface area contributed by atoms with Crippen molar-refractivity contribution in [3.8, 4) is 16.2 Å². The first-order valence-electron chi connectivity index (χ1n) is 14.9. The number of rotatable bonds is 9. The first-order chi connectivity index (χ1) is 21.0. The highest BCUT2D eigenvalue weighted by Gasteiger charge is 2.27. The van der Waals surface area contributed by atoms with Crippen LogP contribution in [0.2, 0.25) is 5.02 Å². The molecule has 0 saturated carbocycles. The number of pyridine rings is 1. The Hall–Kier alpha value is -3.57. The standard InChI is InChI=1S/C32H35ClN8OS/c1-3-39-11-13-40(14-12-39)15-16-41-18-25-27(38-41)9-8-24-29-31(34-20-35-32(29)43-30(24)25)37-22-7-10-28(26(33)17-22)42-19-23-6-4-5-21(2)36-23/h4-7,10,17-18,20H,3,8-9,11-16,19H2,1-2H3,(H,34,35,37). The van der Waals surface area contributed by atoms with E-state index in [9.17, 15) is 0 Å². The average molecular weight is 615 g/mol. The third kappa shape index (κ3) is 5.97. The summed E-state index contributed by atoms with van der Waals surface area (Å²) < 4.78 is 8.09. The number of ether oxygens (including phenoxy) is 1. The molecule has 0 bridgehead atoms. The second-order valence-corrected chi connectivity index (χ2v) is 12.6. The van der Waals surface area contributed by atoms with Gasteiger partial charge in [0.25, 0.3) is 0 Å². The molecule has 1 saturated heterocycles. The van der Waals surface area contributed by atoms with Crippen LogP contribution in [0.1, 0.15) is 29.6 Å². The number of nitrogens with zero attached hydrogens (tertiary/aromatic N) is 7. The number of fused-ring (bicyclic) bond motifs is 5. The molecule has 11 heteroatoms. The predicted octanol–water partition coefficient (Wildman–Crippen LogP) is 5.97. The van der Waals surface area contributed by atoms with Crippen molar-refractivity contribution in [2.24, 2.45) is 0 Å². The van der Waals surface area contributed by atoms with Gasteiger partial charge in [-0.1, -0.05) is 24.6 Å². The highest BCUT2D eigenvalue weighted by molar-refractivity contribution is 7.22. The van der Waals surface area contributed by atoms with Gasteiger partial charge in [-0.05, 0) is 62.2 Å². The van der Waals surface area contributed by atoms with Gasteiger partial charge in [-0.15, -0.1) is 11.3 Å². The van der Waals surface area contributed by atoms with Crippen LogP contribution in [0.3, 0.4) is 0 Å². The van der Waals surface area contributed by atoms with Crippen LogP contribution < -0.4 is 10.1 Å². The Labute approximate surface area is 260 Å². The lowest BCUT2D eigenvalue weighted by molar-refractivity contribution is 0.133. The van der Waals surface area contributed by atoms with Crippen LogP contribution in [0, 0.1) is 6.92 Å². The van der Waals surface area contributed by atoms with Gasteiger partial charge in [-0.3, -0.25) is 14.6 Å². The minimum absolute atomic E-state index is 0.357. The molecule has 0 unspecified atom stereocenters. The molecule has 43 heavy (non-hydrogen) atoms. The fourth-order valence-electron chi connectivity index (χ4n) is 5.97. The number of hydrogen-bond acceptors (Lipinski definition) is 9. The van der Waals surface area contributed by atoms with Crippen molar-refractivity contribution in [2.45, 2.75) is 39.8 Å². The Kier molecular flexibility index (Phi) is 8.01. The zero-order valence-electron chi connectivity index (χ0n) is 24.5. The number of aryl methyl sites for hydroxylation is 3. The molecule has 1 N–H and O–H groups in total. The van der Waals surface area contributed by atoms with Gasteiger partial charge in [0.1, 0.15) is 29.3 Å². The molecule has 5 aromatic rings. The number of nitrogens with one attached hydrogen (secondary N) is 1. The Bertz CT molecular complexity index is 1760. The molecule has 0 atom stereocenters. The van der Waals surface area contributed by atoms with Gasteiger partial charge in [-0.2, -0.15) is 5.10 Å². The minimum Gasteiger partial charge on any atom is -0.486 e. The van der Waals surface area contributed by atoms with Gasteiger partial charge < -0.3 is 15.0 Å². The molecule has 9 nitrogen and oxygen atoms in total. The maximum Gasteiger partial charge on any atom is 0.142 e. The molecular weight excluding hydrogens is 580 g/mol. The maximum atomic E-state index is 6.62. The van der Waals surface area contributed by atoms with Crippen molar-refractivity contribution in [1.82, 2.24) is 34.5 Å². The SMILES string of the molecule is CCN1CCN(CCn2cc3c(n2)CCc2c-3sc3ncnc(Nc4ccc(OCc5cccc(C)n5)c(Cl)c4)c23)CC1. The normalized spacial score (nSPS) is 15.4. The summed E-state index contributed by atoms with van der Waals surface area (Å²) in [7, 11) is 0. The van der Waals surface area contributed by atoms with Crippen molar-refractivity contribution in [3.63, 3.8) is 0 Å². The van der Waals surface area contributed by atoms with E-state index in [0.717, 1.165) is 91.8 Å². The van der Waals surface area contributed by atoms with Crippen LogP contribution in [0.5, 0.6) is 5.75 Å². The van der Waals surface area contributed by atoms with Gasteiger partial charge in [0.05, 0.1) is 28.3 Å². The first-order valence-corrected chi connectivity index (χ1v) is 16.1. The smallest absolute Gasteiger partial charge is 0.142 e. The lowest BCUT2D eigenvalue weighted by atomic mass is 9.95. The van der Waals surface area contributed by atoms with Crippen LogP contribution in [-0.4, -0.2) is 73.8 Å². The molecule has 1 aromatic carbocycles. The zero-order chi connectivity index (χ0) is 29.3. The van der Waals surface area contributed by atoms with E-state index < -0.39 is 0 Å². The van der Waals surface area contributed by atoms with Gasteiger partial charge in [-0.25, -0.2) is 9.97 Å². The van der Waals surface area contributed by atoms with Gasteiger partial charge in [0.15, 0.2) is 0 Å². The molecule has 1 aliphatic carbocycles. The van der Waals surface area contributed by atoms with E-state index in [0.29, 0.717) is 17.4 Å². The summed E-state index contributed by atoms with van der Waals surface area (Å²) in [5.74, 6) is 1.40. The van der Waals surface area contributed by atoms with Crippen molar-refractivity contribution < 1.29 is 4.74 Å². The molecule has 0 radical (unpaired) electrons. The molecule has 5 heterocycles. The average Bonchev–Trinajstić information content (AvgIpc) is 3.62. The van der Waals surface area contributed by atoms with Crippen LogP contribution in [-0.2, 0) is 26.0 Å². The second kappa shape index (κ2) is 12.2.